The monoisotopic (exact) mass is 257 g/mol. The number of hydrogen-bond acceptors (Lipinski definition) is 3. The Morgan fingerprint density at radius 3 is 2.57 bits per heavy atom. The molecule has 2 rings (SSSR count). The maximum atomic E-state index is 5.49. The number of hydrogen-bond donors (Lipinski definition) is 1. The molecule has 0 amide bonds. The SMILES string of the molecule is CNCc1cc2c(cc1Br)OCCO2. The lowest BCUT2D eigenvalue weighted by atomic mass is 10.2. The summed E-state index contributed by atoms with van der Waals surface area (Å²) >= 11 is 3.50. The Hall–Kier alpha value is -0.740. The van der Waals surface area contributed by atoms with Gasteiger partial charge in [0.1, 0.15) is 13.2 Å². The molecule has 0 atom stereocenters. The van der Waals surface area contributed by atoms with E-state index in [-0.39, 0.29) is 0 Å². The first kappa shape index (κ1) is 9.80. The summed E-state index contributed by atoms with van der Waals surface area (Å²) in [5.74, 6) is 1.66. The van der Waals surface area contributed by atoms with Crippen molar-refractivity contribution in [3.8, 4) is 11.5 Å². The molecular formula is C10H12BrNO2. The van der Waals surface area contributed by atoms with E-state index in [1.54, 1.807) is 0 Å². The molecule has 0 bridgehead atoms. The van der Waals surface area contributed by atoms with Crippen molar-refractivity contribution in [3.63, 3.8) is 0 Å². The van der Waals surface area contributed by atoms with E-state index in [2.05, 4.69) is 21.2 Å². The Balaban J connectivity index is 2.35. The van der Waals surface area contributed by atoms with Gasteiger partial charge in [-0.25, -0.2) is 0 Å². The minimum Gasteiger partial charge on any atom is -0.486 e. The van der Waals surface area contributed by atoms with E-state index >= 15 is 0 Å². The third-order valence-corrected chi connectivity index (χ3v) is 2.82. The van der Waals surface area contributed by atoms with Crippen LogP contribution in [-0.4, -0.2) is 20.3 Å². The van der Waals surface area contributed by atoms with Crippen LogP contribution in [0.3, 0.4) is 0 Å². The van der Waals surface area contributed by atoms with E-state index in [1.807, 2.05) is 19.2 Å². The molecule has 1 heterocycles. The van der Waals surface area contributed by atoms with Crippen LogP contribution in [0, 0.1) is 0 Å². The van der Waals surface area contributed by atoms with Crippen molar-refractivity contribution in [2.24, 2.45) is 0 Å². The number of rotatable bonds is 2. The van der Waals surface area contributed by atoms with E-state index in [4.69, 9.17) is 9.47 Å². The summed E-state index contributed by atoms with van der Waals surface area (Å²) in [5, 5.41) is 3.11. The molecule has 0 saturated heterocycles. The normalized spacial score (nSPS) is 14.1. The van der Waals surface area contributed by atoms with Gasteiger partial charge in [0.2, 0.25) is 0 Å². The average Bonchev–Trinajstić information content (AvgIpc) is 2.19. The van der Waals surface area contributed by atoms with Crippen molar-refractivity contribution in [3.05, 3.63) is 22.2 Å². The number of fused-ring (bicyclic) bond motifs is 1. The molecule has 1 aromatic carbocycles. The molecule has 0 fully saturated rings. The van der Waals surface area contributed by atoms with E-state index in [0.29, 0.717) is 13.2 Å². The first-order valence-electron chi connectivity index (χ1n) is 4.54. The van der Waals surface area contributed by atoms with Gasteiger partial charge in [0.15, 0.2) is 11.5 Å². The fourth-order valence-electron chi connectivity index (χ4n) is 1.43. The van der Waals surface area contributed by atoms with Gasteiger partial charge in [0.05, 0.1) is 0 Å². The van der Waals surface area contributed by atoms with Gasteiger partial charge in [-0.2, -0.15) is 0 Å². The lowest BCUT2D eigenvalue weighted by molar-refractivity contribution is 0.171. The highest BCUT2D eigenvalue weighted by Crippen LogP contribution is 2.35. The van der Waals surface area contributed by atoms with Gasteiger partial charge in [-0.3, -0.25) is 0 Å². The molecular weight excluding hydrogens is 246 g/mol. The molecule has 0 unspecified atom stereocenters. The molecule has 1 N–H and O–H groups in total. The van der Waals surface area contributed by atoms with Crippen molar-refractivity contribution in [1.82, 2.24) is 5.32 Å². The highest BCUT2D eigenvalue weighted by molar-refractivity contribution is 9.10. The zero-order chi connectivity index (χ0) is 9.97. The standard InChI is InChI=1S/C10H12BrNO2/c1-12-6-7-4-9-10(5-8(7)11)14-3-2-13-9/h4-5,12H,2-3,6H2,1H3. The molecule has 14 heavy (non-hydrogen) atoms. The number of ether oxygens (including phenoxy) is 2. The number of halogens is 1. The second-order valence-corrected chi connectivity index (χ2v) is 3.97. The van der Waals surface area contributed by atoms with Crippen LogP contribution >= 0.6 is 15.9 Å². The van der Waals surface area contributed by atoms with E-state index in [0.717, 1.165) is 22.5 Å². The zero-order valence-corrected chi connectivity index (χ0v) is 9.56. The quantitative estimate of drug-likeness (QED) is 0.879. The topological polar surface area (TPSA) is 30.5 Å². The zero-order valence-electron chi connectivity index (χ0n) is 7.97. The van der Waals surface area contributed by atoms with Crippen LogP contribution in [0.1, 0.15) is 5.56 Å². The Morgan fingerprint density at radius 1 is 1.29 bits per heavy atom. The van der Waals surface area contributed by atoms with E-state index < -0.39 is 0 Å². The maximum absolute atomic E-state index is 5.49. The van der Waals surface area contributed by atoms with Gasteiger partial charge in [0.25, 0.3) is 0 Å². The Labute approximate surface area is 91.5 Å². The summed E-state index contributed by atoms with van der Waals surface area (Å²) in [7, 11) is 1.92. The molecule has 0 aromatic heterocycles. The van der Waals surface area contributed by atoms with E-state index in [9.17, 15) is 0 Å². The van der Waals surface area contributed by atoms with E-state index in [1.165, 1.54) is 5.56 Å². The predicted molar refractivity (Wildman–Crippen MR) is 57.9 cm³/mol. The summed E-state index contributed by atoms with van der Waals surface area (Å²) < 4.78 is 12.0. The molecule has 0 radical (unpaired) electrons. The van der Waals surface area contributed by atoms with Gasteiger partial charge in [0, 0.05) is 11.0 Å². The molecule has 1 aromatic rings. The molecule has 1 aliphatic rings. The Bertz CT molecular complexity index is 341. The molecule has 76 valence electrons. The number of nitrogens with one attached hydrogen (secondary N) is 1. The number of benzene rings is 1. The predicted octanol–water partition coefficient (Wildman–Crippen LogP) is 1.94. The fourth-order valence-corrected chi connectivity index (χ4v) is 1.89. The second kappa shape index (κ2) is 4.19. The largest absolute Gasteiger partial charge is 0.486 e. The van der Waals surface area contributed by atoms with Crippen LogP contribution in [0.4, 0.5) is 0 Å². The summed E-state index contributed by atoms with van der Waals surface area (Å²) in [6, 6.07) is 3.97. The Kier molecular flexibility index (Phi) is 2.93. The van der Waals surface area contributed by atoms with Crippen LogP contribution < -0.4 is 14.8 Å². The van der Waals surface area contributed by atoms with Crippen LogP contribution in [-0.2, 0) is 6.54 Å². The fraction of sp³-hybridized carbons (Fsp3) is 0.400. The van der Waals surface area contributed by atoms with Crippen molar-refractivity contribution in [2.45, 2.75) is 6.54 Å². The van der Waals surface area contributed by atoms with Crippen LogP contribution in [0.25, 0.3) is 0 Å². The smallest absolute Gasteiger partial charge is 0.162 e. The van der Waals surface area contributed by atoms with Gasteiger partial charge < -0.3 is 14.8 Å². The lowest BCUT2D eigenvalue weighted by Crippen LogP contribution is -2.16. The van der Waals surface area contributed by atoms with Crippen LogP contribution in [0.15, 0.2) is 16.6 Å². The molecule has 1 aliphatic heterocycles. The van der Waals surface area contributed by atoms with Gasteiger partial charge >= 0.3 is 0 Å². The van der Waals surface area contributed by atoms with Crippen LogP contribution in [0.2, 0.25) is 0 Å². The van der Waals surface area contributed by atoms with Gasteiger partial charge in [-0.05, 0) is 24.7 Å². The second-order valence-electron chi connectivity index (χ2n) is 3.12. The molecule has 0 spiro atoms. The first-order valence-corrected chi connectivity index (χ1v) is 5.33. The summed E-state index contributed by atoms with van der Waals surface area (Å²) in [4.78, 5) is 0. The van der Waals surface area contributed by atoms with Crippen molar-refractivity contribution in [1.29, 1.82) is 0 Å². The summed E-state index contributed by atoms with van der Waals surface area (Å²) in [6.45, 7) is 2.08. The van der Waals surface area contributed by atoms with Crippen molar-refractivity contribution < 1.29 is 9.47 Å². The maximum Gasteiger partial charge on any atom is 0.162 e. The van der Waals surface area contributed by atoms with Crippen molar-refractivity contribution >= 4 is 15.9 Å². The highest BCUT2D eigenvalue weighted by atomic mass is 79.9. The van der Waals surface area contributed by atoms with Crippen LogP contribution in [0.5, 0.6) is 11.5 Å². The third-order valence-electron chi connectivity index (χ3n) is 2.08. The molecule has 3 nitrogen and oxygen atoms in total. The minimum absolute atomic E-state index is 0.630. The average molecular weight is 258 g/mol. The molecule has 4 heteroatoms. The molecule has 0 aliphatic carbocycles. The van der Waals surface area contributed by atoms with Gasteiger partial charge in [-0.1, -0.05) is 15.9 Å². The molecule has 0 saturated carbocycles. The highest BCUT2D eigenvalue weighted by Gasteiger charge is 2.14. The summed E-state index contributed by atoms with van der Waals surface area (Å²) in [6.07, 6.45) is 0. The Morgan fingerprint density at radius 2 is 1.93 bits per heavy atom. The third kappa shape index (κ3) is 1.86. The summed E-state index contributed by atoms with van der Waals surface area (Å²) in [5.41, 5.74) is 1.18. The first-order chi connectivity index (χ1) is 6.81. The van der Waals surface area contributed by atoms with Crippen molar-refractivity contribution in [2.75, 3.05) is 20.3 Å². The lowest BCUT2D eigenvalue weighted by Gasteiger charge is -2.19. The minimum atomic E-state index is 0.630. The van der Waals surface area contributed by atoms with Gasteiger partial charge in [-0.15, -0.1) is 0 Å².